The zero-order valence-electron chi connectivity index (χ0n) is 12.5. The zero-order chi connectivity index (χ0) is 18.2. The van der Waals surface area contributed by atoms with Gasteiger partial charge >= 0.3 is 6.18 Å². The number of aromatic nitrogens is 3. The highest BCUT2D eigenvalue weighted by Crippen LogP contribution is 2.31. The second kappa shape index (κ2) is 6.47. The molecular weight excluding hydrogens is 407 g/mol. The molecule has 1 atom stereocenters. The van der Waals surface area contributed by atoms with Gasteiger partial charge in [-0.15, -0.1) is 5.10 Å². The molecule has 0 spiro atoms. The maximum Gasteiger partial charge on any atom is 0.451 e. The zero-order valence-corrected chi connectivity index (χ0v) is 14.1. The molecule has 1 aliphatic rings. The second-order valence-electron chi connectivity index (χ2n) is 5.35. The molecule has 3 rings (SSSR count). The van der Waals surface area contributed by atoms with Crippen molar-refractivity contribution >= 4 is 39.4 Å². The standard InChI is InChI=1S/C14H11BrF3N5O2/c15-8-3-1-2-4-9(8)23-6-7(5-10(23)24)11(25)19-13-20-12(21-22-13)14(16,17)18/h1-4,7H,5-6H2,(H2,19,20,21,22,25). The highest BCUT2D eigenvalue weighted by molar-refractivity contribution is 9.10. The van der Waals surface area contributed by atoms with Crippen LogP contribution in [0.25, 0.3) is 0 Å². The predicted octanol–water partition coefficient (Wildman–Crippen LogP) is 2.58. The fourth-order valence-electron chi connectivity index (χ4n) is 2.44. The molecule has 2 heterocycles. The summed E-state index contributed by atoms with van der Waals surface area (Å²) in [4.78, 5) is 29.0. The Morgan fingerprint density at radius 3 is 2.72 bits per heavy atom. The van der Waals surface area contributed by atoms with Gasteiger partial charge in [-0.05, 0) is 28.1 Å². The Morgan fingerprint density at radius 1 is 1.36 bits per heavy atom. The number of anilines is 2. The first-order valence-electron chi connectivity index (χ1n) is 7.11. The maximum atomic E-state index is 12.5. The Kier molecular flexibility index (Phi) is 4.50. The number of H-pyrrole nitrogens is 1. The van der Waals surface area contributed by atoms with E-state index in [4.69, 9.17) is 0 Å². The number of alkyl halides is 3. The van der Waals surface area contributed by atoms with Crippen LogP contribution in [0.2, 0.25) is 0 Å². The van der Waals surface area contributed by atoms with Gasteiger partial charge in [-0.3, -0.25) is 20.0 Å². The average molecular weight is 418 g/mol. The number of para-hydroxylation sites is 1. The number of carbonyl (C=O) groups is 2. The van der Waals surface area contributed by atoms with Gasteiger partial charge in [-0.1, -0.05) is 12.1 Å². The van der Waals surface area contributed by atoms with E-state index < -0.39 is 29.8 Å². The number of benzene rings is 1. The minimum absolute atomic E-state index is 0.0519. The van der Waals surface area contributed by atoms with Crippen LogP contribution in [0.1, 0.15) is 12.2 Å². The van der Waals surface area contributed by atoms with Crippen LogP contribution in [-0.4, -0.2) is 33.5 Å². The van der Waals surface area contributed by atoms with Crippen LogP contribution >= 0.6 is 15.9 Å². The lowest BCUT2D eigenvalue weighted by molar-refractivity contribution is -0.144. The van der Waals surface area contributed by atoms with E-state index >= 15 is 0 Å². The Balaban J connectivity index is 1.69. The molecule has 0 bridgehead atoms. The molecule has 0 saturated carbocycles. The third kappa shape index (κ3) is 3.65. The summed E-state index contributed by atoms with van der Waals surface area (Å²) in [6.07, 6.45) is -4.74. The Labute approximate surface area is 147 Å². The molecule has 2 N–H and O–H groups in total. The molecule has 1 saturated heterocycles. The van der Waals surface area contributed by atoms with Crippen LogP contribution in [0.15, 0.2) is 28.7 Å². The summed E-state index contributed by atoms with van der Waals surface area (Å²) < 4.78 is 38.1. The van der Waals surface area contributed by atoms with Gasteiger partial charge in [0.2, 0.25) is 23.6 Å². The summed E-state index contributed by atoms with van der Waals surface area (Å²) in [5, 5.41) is 7.22. The summed E-state index contributed by atoms with van der Waals surface area (Å²) in [6, 6.07) is 7.04. The van der Waals surface area contributed by atoms with Gasteiger partial charge in [0.15, 0.2) is 0 Å². The van der Waals surface area contributed by atoms with E-state index in [0.29, 0.717) is 10.2 Å². The van der Waals surface area contributed by atoms with Gasteiger partial charge < -0.3 is 4.90 Å². The van der Waals surface area contributed by atoms with Gasteiger partial charge in [0.05, 0.1) is 11.6 Å². The summed E-state index contributed by atoms with van der Waals surface area (Å²) in [5.41, 5.74) is 0.625. The Morgan fingerprint density at radius 2 is 2.08 bits per heavy atom. The van der Waals surface area contributed by atoms with Crippen LogP contribution in [-0.2, 0) is 15.8 Å². The van der Waals surface area contributed by atoms with Crippen LogP contribution in [0.5, 0.6) is 0 Å². The predicted molar refractivity (Wildman–Crippen MR) is 84.6 cm³/mol. The summed E-state index contributed by atoms with van der Waals surface area (Å²) >= 11 is 3.34. The van der Waals surface area contributed by atoms with E-state index in [1.165, 1.54) is 4.90 Å². The number of nitrogens with zero attached hydrogens (tertiary/aromatic N) is 3. The average Bonchev–Trinajstić information content (AvgIpc) is 3.14. The third-order valence-electron chi connectivity index (χ3n) is 3.63. The minimum Gasteiger partial charge on any atom is -0.310 e. The monoisotopic (exact) mass is 417 g/mol. The molecule has 132 valence electrons. The van der Waals surface area contributed by atoms with Crippen molar-refractivity contribution in [3.05, 3.63) is 34.6 Å². The summed E-state index contributed by atoms with van der Waals surface area (Å²) in [7, 11) is 0. The quantitative estimate of drug-likeness (QED) is 0.802. The van der Waals surface area contributed by atoms with Crippen LogP contribution in [0.3, 0.4) is 0 Å². The van der Waals surface area contributed by atoms with Crippen molar-refractivity contribution in [2.45, 2.75) is 12.6 Å². The summed E-state index contributed by atoms with van der Waals surface area (Å²) in [5.74, 6) is -3.37. The van der Waals surface area contributed by atoms with Crippen molar-refractivity contribution in [3.63, 3.8) is 0 Å². The van der Waals surface area contributed by atoms with Crippen LogP contribution in [0.4, 0.5) is 24.8 Å². The highest BCUT2D eigenvalue weighted by atomic mass is 79.9. The number of nitrogens with one attached hydrogen (secondary N) is 2. The first-order chi connectivity index (χ1) is 11.8. The fourth-order valence-corrected chi connectivity index (χ4v) is 2.94. The lowest BCUT2D eigenvalue weighted by Gasteiger charge is -2.18. The molecule has 1 unspecified atom stereocenters. The molecule has 25 heavy (non-hydrogen) atoms. The Hall–Kier alpha value is -2.43. The SMILES string of the molecule is O=C(Nc1n[nH]c(C(F)(F)F)n1)C1CC(=O)N(c2ccccc2Br)C1. The molecule has 1 aliphatic heterocycles. The molecule has 7 nitrogen and oxygen atoms in total. The van der Waals surface area contributed by atoms with Gasteiger partial charge in [-0.2, -0.15) is 18.2 Å². The number of hydrogen-bond acceptors (Lipinski definition) is 4. The topological polar surface area (TPSA) is 91.0 Å². The van der Waals surface area contributed by atoms with Crippen LogP contribution < -0.4 is 10.2 Å². The third-order valence-corrected chi connectivity index (χ3v) is 4.30. The van der Waals surface area contributed by atoms with Crippen molar-refractivity contribution < 1.29 is 22.8 Å². The lowest BCUT2D eigenvalue weighted by atomic mass is 10.1. The van der Waals surface area contributed by atoms with Crippen molar-refractivity contribution in [1.82, 2.24) is 15.2 Å². The van der Waals surface area contributed by atoms with Crippen molar-refractivity contribution in [3.8, 4) is 0 Å². The normalized spacial score (nSPS) is 17.8. The second-order valence-corrected chi connectivity index (χ2v) is 6.21. The molecule has 2 amide bonds. The number of rotatable bonds is 3. The first-order valence-corrected chi connectivity index (χ1v) is 7.90. The number of aromatic amines is 1. The number of halogens is 4. The van der Waals surface area contributed by atoms with Crippen LogP contribution in [0, 0.1) is 5.92 Å². The number of carbonyl (C=O) groups excluding carboxylic acids is 2. The van der Waals surface area contributed by atoms with E-state index in [1.54, 1.807) is 29.4 Å². The smallest absolute Gasteiger partial charge is 0.310 e. The lowest BCUT2D eigenvalue weighted by Crippen LogP contribution is -2.28. The van der Waals surface area contributed by atoms with Gasteiger partial charge in [0.25, 0.3) is 0 Å². The van der Waals surface area contributed by atoms with Crippen molar-refractivity contribution in [1.29, 1.82) is 0 Å². The molecule has 2 aromatic rings. The highest BCUT2D eigenvalue weighted by Gasteiger charge is 2.38. The van der Waals surface area contributed by atoms with Crippen molar-refractivity contribution in [2.75, 3.05) is 16.8 Å². The molecule has 1 aromatic heterocycles. The molecule has 1 aromatic carbocycles. The van der Waals surface area contributed by atoms with Crippen molar-refractivity contribution in [2.24, 2.45) is 5.92 Å². The molecule has 11 heteroatoms. The maximum absolute atomic E-state index is 12.5. The number of hydrogen-bond donors (Lipinski definition) is 2. The number of amides is 2. The molecule has 0 aliphatic carbocycles. The van der Waals surface area contributed by atoms with Gasteiger partial charge in [-0.25, -0.2) is 0 Å². The van der Waals surface area contributed by atoms with Gasteiger partial charge in [0.1, 0.15) is 0 Å². The first kappa shape index (κ1) is 17.4. The van der Waals surface area contributed by atoms with E-state index in [1.807, 2.05) is 0 Å². The molecule has 1 fully saturated rings. The molecule has 0 radical (unpaired) electrons. The summed E-state index contributed by atoms with van der Waals surface area (Å²) in [6.45, 7) is 0.115. The fraction of sp³-hybridized carbons (Fsp3) is 0.286. The van der Waals surface area contributed by atoms with E-state index in [0.717, 1.165) is 0 Å². The van der Waals surface area contributed by atoms with E-state index in [2.05, 4.69) is 31.3 Å². The minimum atomic E-state index is -4.68. The van der Waals surface area contributed by atoms with E-state index in [9.17, 15) is 22.8 Å². The molecular formula is C14H11BrF3N5O2. The Bertz CT molecular complexity index is 823. The largest absolute Gasteiger partial charge is 0.451 e. The van der Waals surface area contributed by atoms with Gasteiger partial charge in [0, 0.05) is 17.4 Å². The van der Waals surface area contributed by atoms with E-state index in [-0.39, 0.29) is 18.9 Å².